The summed E-state index contributed by atoms with van der Waals surface area (Å²) in [6.07, 6.45) is 5.23. The van der Waals surface area contributed by atoms with E-state index in [2.05, 4.69) is 23.9 Å². The fourth-order valence-electron chi connectivity index (χ4n) is 2.97. The van der Waals surface area contributed by atoms with Crippen molar-refractivity contribution in [2.24, 2.45) is 10.9 Å². The van der Waals surface area contributed by atoms with Crippen molar-refractivity contribution in [3.8, 4) is 0 Å². The maximum atomic E-state index is 11.7. The van der Waals surface area contributed by atoms with Gasteiger partial charge in [-0.15, -0.1) is 0 Å². The highest BCUT2D eigenvalue weighted by molar-refractivity contribution is 7.91. The van der Waals surface area contributed by atoms with Crippen LogP contribution in [0, 0.1) is 0 Å². The van der Waals surface area contributed by atoms with E-state index in [0.717, 1.165) is 19.3 Å². The standard InChI is InChI=1S/C13H27N3O3S/c1-10(2)16(8-7-13(14)15-17)11-5-4-6-12(9-11)20(3,18)19/h10-12,17H,4-9H2,1-3H3,(H2,14,15). The quantitative estimate of drug-likeness (QED) is 0.332. The number of rotatable bonds is 6. The van der Waals surface area contributed by atoms with E-state index in [1.165, 1.54) is 6.26 Å². The number of hydrogen-bond donors (Lipinski definition) is 2. The zero-order valence-electron chi connectivity index (χ0n) is 12.6. The molecule has 0 heterocycles. The Kier molecular flexibility index (Phi) is 6.26. The second kappa shape index (κ2) is 7.26. The molecule has 0 saturated heterocycles. The SMILES string of the molecule is CC(C)N(CCC(N)=NO)C1CCCC(S(C)(=O)=O)C1. The molecule has 0 aromatic rings. The van der Waals surface area contributed by atoms with Gasteiger partial charge in [0.15, 0.2) is 0 Å². The Labute approximate surface area is 121 Å². The number of amidine groups is 1. The van der Waals surface area contributed by atoms with Crippen LogP contribution in [0.25, 0.3) is 0 Å². The first-order chi connectivity index (χ1) is 9.25. The Bertz CT molecular complexity index is 434. The number of sulfone groups is 1. The lowest BCUT2D eigenvalue weighted by atomic mass is 9.92. The van der Waals surface area contributed by atoms with E-state index in [4.69, 9.17) is 10.9 Å². The molecular weight excluding hydrogens is 278 g/mol. The van der Waals surface area contributed by atoms with Crippen LogP contribution in [-0.4, -0.2) is 54.5 Å². The van der Waals surface area contributed by atoms with E-state index < -0.39 is 9.84 Å². The zero-order chi connectivity index (χ0) is 15.3. The Morgan fingerprint density at radius 1 is 1.45 bits per heavy atom. The van der Waals surface area contributed by atoms with Crippen LogP contribution in [0.2, 0.25) is 0 Å². The minimum atomic E-state index is -2.97. The number of oxime groups is 1. The second-order valence-electron chi connectivity index (χ2n) is 5.94. The lowest BCUT2D eigenvalue weighted by molar-refractivity contribution is 0.125. The molecule has 0 amide bonds. The normalized spacial score (nSPS) is 25.4. The Morgan fingerprint density at radius 3 is 2.60 bits per heavy atom. The molecule has 3 N–H and O–H groups in total. The van der Waals surface area contributed by atoms with Crippen molar-refractivity contribution < 1.29 is 13.6 Å². The average molecular weight is 305 g/mol. The maximum absolute atomic E-state index is 11.7. The van der Waals surface area contributed by atoms with Gasteiger partial charge in [0.25, 0.3) is 0 Å². The van der Waals surface area contributed by atoms with Gasteiger partial charge in [-0.1, -0.05) is 11.6 Å². The van der Waals surface area contributed by atoms with Crippen LogP contribution in [0.3, 0.4) is 0 Å². The van der Waals surface area contributed by atoms with Gasteiger partial charge in [0.05, 0.1) is 5.25 Å². The molecule has 118 valence electrons. The summed E-state index contributed by atoms with van der Waals surface area (Å²) in [5, 5.41) is 11.4. The summed E-state index contributed by atoms with van der Waals surface area (Å²) in [7, 11) is -2.97. The first-order valence-corrected chi connectivity index (χ1v) is 9.12. The lowest BCUT2D eigenvalue weighted by Gasteiger charge is -2.39. The predicted molar refractivity (Wildman–Crippen MR) is 80.8 cm³/mol. The molecular formula is C13H27N3O3S. The van der Waals surface area contributed by atoms with E-state index >= 15 is 0 Å². The van der Waals surface area contributed by atoms with Crippen LogP contribution in [0.15, 0.2) is 5.16 Å². The number of nitrogens with two attached hydrogens (primary N) is 1. The van der Waals surface area contributed by atoms with Crippen molar-refractivity contribution >= 4 is 15.7 Å². The van der Waals surface area contributed by atoms with Gasteiger partial charge >= 0.3 is 0 Å². The molecule has 0 bridgehead atoms. The predicted octanol–water partition coefficient (Wildman–Crippen LogP) is 1.19. The molecule has 1 rings (SSSR count). The monoisotopic (exact) mass is 305 g/mol. The largest absolute Gasteiger partial charge is 0.409 e. The molecule has 1 fully saturated rings. The topological polar surface area (TPSA) is 96.0 Å². The van der Waals surface area contributed by atoms with Gasteiger partial charge in [0.1, 0.15) is 15.7 Å². The fourth-order valence-corrected chi connectivity index (χ4v) is 4.13. The highest BCUT2D eigenvalue weighted by Gasteiger charge is 2.32. The molecule has 1 aliphatic carbocycles. The van der Waals surface area contributed by atoms with E-state index in [-0.39, 0.29) is 17.1 Å². The van der Waals surface area contributed by atoms with E-state index in [0.29, 0.717) is 25.4 Å². The van der Waals surface area contributed by atoms with Crippen LogP contribution in [0.1, 0.15) is 46.0 Å². The van der Waals surface area contributed by atoms with Gasteiger partial charge < -0.3 is 10.9 Å². The molecule has 0 spiro atoms. The van der Waals surface area contributed by atoms with Gasteiger partial charge in [-0.25, -0.2) is 8.42 Å². The van der Waals surface area contributed by atoms with Gasteiger partial charge in [-0.2, -0.15) is 0 Å². The van der Waals surface area contributed by atoms with E-state index in [1.807, 2.05) is 0 Å². The van der Waals surface area contributed by atoms with Crippen LogP contribution < -0.4 is 5.73 Å². The first kappa shape index (κ1) is 17.2. The molecule has 0 aromatic carbocycles. The van der Waals surface area contributed by atoms with Crippen LogP contribution >= 0.6 is 0 Å². The average Bonchev–Trinajstić information content (AvgIpc) is 2.37. The zero-order valence-corrected chi connectivity index (χ0v) is 13.4. The molecule has 1 aliphatic rings. The smallest absolute Gasteiger partial charge is 0.150 e. The summed E-state index contributed by atoms with van der Waals surface area (Å²) in [6.45, 7) is 4.88. The van der Waals surface area contributed by atoms with Crippen molar-refractivity contribution in [2.75, 3.05) is 12.8 Å². The highest BCUT2D eigenvalue weighted by Crippen LogP contribution is 2.28. The fraction of sp³-hybridized carbons (Fsp3) is 0.923. The molecule has 0 aliphatic heterocycles. The number of hydrogen-bond acceptors (Lipinski definition) is 5. The van der Waals surface area contributed by atoms with Crippen molar-refractivity contribution in [2.45, 2.75) is 63.3 Å². The third kappa shape index (κ3) is 4.94. The summed E-state index contributed by atoms with van der Waals surface area (Å²) in [5.74, 6) is 0.214. The van der Waals surface area contributed by atoms with Gasteiger partial charge in [0.2, 0.25) is 0 Å². The third-order valence-electron chi connectivity index (χ3n) is 4.09. The second-order valence-corrected chi connectivity index (χ2v) is 8.27. The molecule has 2 atom stereocenters. The maximum Gasteiger partial charge on any atom is 0.150 e. The Hall–Kier alpha value is -0.820. The minimum absolute atomic E-state index is 0.214. The molecule has 7 heteroatoms. The summed E-state index contributed by atoms with van der Waals surface area (Å²) in [4.78, 5) is 2.27. The molecule has 0 aromatic heterocycles. The minimum Gasteiger partial charge on any atom is -0.409 e. The Morgan fingerprint density at radius 2 is 2.10 bits per heavy atom. The molecule has 2 unspecified atom stereocenters. The van der Waals surface area contributed by atoms with Gasteiger partial charge in [-0.3, -0.25) is 4.90 Å². The van der Waals surface area contributed by atoms with Crippen LogP contribution in [0.4, 0.5) is 0 Å². The van der Waals surface area contributed by atoms with E-state index in [9.17, 15) is 8.42 Å². The van der Waals surface area contributed by atoms with Crippen molar-refractivity contribution in [3.05, 3.63) is 0 Å². The van der Waals surface area contributed by atoms with Crippen molar-refractivity contribution in [1.82, 2.24) is 4.90 Å². The third-order valence-corrected chi connectivity index (χ3v) is 5.73. The highest BCUT2D eigenvalue weighted by atomic mass is 32.2. The molecule has 0 radical (unpaired) electrons. The van der Waals surface area contributed by atoms with Crippen LogP contribution in [-0.2, 0) is 9.84 Å². The molecule has 6 nitrogen and oxygen atoms in total. The summed E-state index contributed by atoms with van der Waals surface area (Å²) >= 11 is 0. The van der Waals surface area contributed by atoms with Gasteiger partial charge in [-0.05, 0) is 33.1 Å². The molecule has 20 heavy (non-hydrogen) atoms. The first-order valence-electron chi connectivity index (χ1n) is 7.16. The van der Waals surface area contributed by atoms with Crippen molar-refractivity contribution in [3.63, 3.8) is 0 Å². The lowest BCUT2D eigenvalue weighted by Crippen LogP contribution is -2.46. The summed E-state index contributed by atoms with van der Waals surface area (Å²) < 4.78 is 23.5. The van der Waals surface area contributed by atoms with E-state index in [1.54, 1.807) is 0 Å². The summed E-state index contributed by atoms with van der Waals surface area (Å²) in [6, 6.07) is 0.569. The van der Waals surface area contributed by atoms with Gasteiger partial charge in [0, 0.05) is 31.3 Å². The molecule has 1 saturated carbocycles. The Balaban J connectivity index is 2.71. The van der Waals surface area contributed by atoms with Crippen LogP contribution in [0.5, 0.6) is 0 Å². The summed E-state index contributed by atoms with van der Waals surface area (Å²) in [5.41, 5.74) is 5.52. The number of nitrogens with zero attached hydrogens (tertiary/aromatic N) is 2. The van der Waals surface area contributed by atoms with Crippen molar-refractivity contribution in [1.29, 1.82) is 0 Å².